The second kappa shape index (κ2) is 5.10. The third-order valence-corrected chi connectivity index (χ3v) is 7.10. The highest BCUT2D eigenvalue weighted by Gasteiger charge is 2.35. The molecule has 3 aliphatic heterocycles. The van der Waals surface area contributed by atoms with Crippen LogP contribution in [0.4, 0.5) is 0 Å². The SMILES string of the molecule is O=S1(=O)CCCC1CN1CCN2CCCCC2C1. The highest BCUT2D eigenvalue weighted by atomic mass is 32.2. The fraction of sp³-hybridized carbons (Fsp3) is 1.00. The lowest BCUT2D eigenvalue weighted by molar-refractivity contribution is 0.0494. The van der Waals surface area contributed by atoms with Crippen LogP contribution in [0.3, 0.4) is 0 Å². The minimum Gasteiger partial charge on any atom is -0.299 e. The van der Waals surface area contributed by atoms with Gasteiger partial charge in [0, 0.05) is 32.2 Å². The summed E-state index contributed by atoms with van der Waals surface area (Å²) in [4.78, 5) is 5.00. The van der Waals surface area contributed by atoms with Crippen LogP contribution in [0, 0.1) is 0 Å². The molecular weight excluding hydrogens is 248 g/mol. The molecule has 4 nitrogen and oxygen atoms in total. The van der Waals surface area contributed by atoms with Gasteiger partial charge in [0.1, 0.15) is 0 Å². The Labute approximate surface area is 110 Å². The summed E-state index contributed by atoms with van der Waals surface area (Å²) in [5, 5.41) is -0.0763. The maximum absolute atomic E-state index is 11.9. The standard InChI is InChI=1S/C13H24N2O2S/c16-18(17)9-3-5-13(18)11-14-7-8-15-6-2-1-4-12(15)10-14/h12-13H,1-11H2. The third-order valence-electron chi connectivity index (χ3n) is 4.85. The van der Waals surface area contributed by atoms with Crippen LogP contribution in [0.15, 0.2) is 0 Å². The average Bonchev–Trinajstić information content (AvgIpc) is 2.69. The lowest BCUT2D eigenvalue weighted by atomic mass is 9.99. The van der Waals surface area contributed by atoms with Crippen LogP contribution in [0.5, 0.6) is 0 Å². The fourth-order valence-electron chi connectivity index (χ4n) is 3.74. The van der Waals surface area contributed by atoms with Gasteiger partial charge >= 0.3 is 0 Å². The van der Waals surface area contributed by atoms with Crippen molar-refractivity contribution in [2.75, 3.05) is 38.5 Å². The van der Waals surface area contributed by atoms with E-state index in [4.69, 9.17) is 0 Å². The third kappa shape index (κ3) is 2.58. The molecule has 0 bridgehead atoms. The predicted molar refractivity (Wildman–Crippen MR) is 72.5 cm³/mol. The van der Waals surface area contributed by atoms with Crippen molar-refractivity contribution >= 4 is 9.84 Å². The van der Waals surface area contributed by atoms with Gasteiger partial charge in [0.25, 0.3) is 0 Å². The first-order chi connectivity index (χ1) is 8.65. The monoisotopic (exact) mass is 272 g/mol. The second-order valence-electron chi connectivity index (χ2n) is 6.08. The molecule has 0 amide bonds. The number of sulfone groups is 1. The molecule has 0 N–H and O–H groups in total. The van der Waals surface area contributed by atoms with E-state index in [9.17, 15) is 8.42 Å². The molecule has 2 atom stereocenters. The highest BCUT2D eigenvalue weighted by Crippen LogP contribution is 2.24. The Morgan fingerprint density at radius 2 is 1.89 bits per heavy atom. The number of nitrogens with zero attached hydrogens (tertiary/aromatic N) is 2. The van der Waals surface area contributed by atoms with Gasteiger partial charge in [0.05, 0.1) is 11.0 Å². The molecular formula is C13H24N2O2S. The smallest absolute Gasteiger partial charge is 0.154 e. The zero-order chi connectivity index (χ0) is 12.6. The Bertz CT molecular complexity index is 396. The summed E-state index contributed by atoms with van der Waals surface area (Å²) in [5.41, 5.74) is 0. The molecule has 3 heterocycles. The van der Waals surface area contributed by atoms with Crippen molar-refractivity contribution in [3.05, 3.63) is 0 Å². The summed E-state index contributed by atoms with van der Waals surface area (Å²) in [6, 6.07) is 0.691. The van der Waals surface area contributed by atoms with Gasteiger partial charge in [-0.05, 0) is 32.2 Å². The zero-order valence-corrected chi connectivity index (χ0v) is 11.9. The molecule has 0 aromatic carbocycles. The van der Waals surface area contributed by atoms with Crippen molar-refractivity contribution in [1.29, 1.82) is 0 Å². The maximum Gasteiger partial charge on any atom is 0.154 e. The van der Waals surface area contributed by atoms with E-state index in [1.165, 1.54) is 25.8 Å². The van der Waals surface area contributed by atoms with Crippen LogP contribution < -0.4 is 0 Å². The lowest BCUT2D eigenvalue weighted by Crippen LogP contribution is -2.56. The predicted octanol–water partition coefficient (Wildman–Crippen LogP) is 0.734. The summed E-state index contributed by atoms with van der Waals surface area (Å²) in [6.45, 7) is 5.32. The fourth-order valence-corrected chi connectivity index (χ4v) is 5.60. The first kappa shape index (κ1) is 12.9. The Kier molecular flexibility index (Phi) is 3.65. The number of rotatable bonds is 2. The van der Waals surface area contributed by atoms with Crippen LogP contribution in [0.1, 0.15) is 32.1 Å². The van der Waals surface area contributed by atoms with E-state index in [1.807, 2.05) is 0 Å². The van der Waals surface area contributed by atoms with Gasteiger partial charge in [-0.1, -0.05) is 6.42 Å². The zero-order valence-electron chi connectivity index (χ0n) is 11.1. The molecule has 0 spiro atoms. The Morgan fingerprint density at radius 3 is 2.67 bits per heavy atom. The van der Waals surface area contributed by atoms with Crippen LogP contribution in [-0.4, -0.2) is 68.0 Å². The van der Waals surface area contributed by atoms with Crippen LogP contribution in [0.2, 0.25) is 0 Å². The summed E-state index contributed by atoms with van der Waals surface area (Å²) in [7, 11) is -2.77. The van der Waals surface area contributed by atoms with E-state index in [2.05, 4.69) is 9.80 Å². The van der Waals surface area contributed by atoms with E-state index in [0.29, 0.717) is 11.8 Å². The molecule has 0 saturated carbocycles. The van der Waals surface area contributed by atoms with E-state index < -0.39 is 9.84 Å². The Balaban J connectivity index is 1.58. The number of hydrogen-bond donors (Lipinski definition) is 0. The Morgan fingerprint density at radius 1 is 1.00 bits per heavy atom. The van der Waals surface area contributed by atoms with Gasteiger partial charge in [-0.3, -0.25) is 9.80 Å². The molecule has 0 aromatic rings. The first-order valence-corrected chi connectivity index (χ1v) is 9.05. The summed E-state index contributed by atoms with van der Waals surface area (Å²) in [5.74, 6) is 0.418. The van der Waals surface area contributed by atoms with Gasteiger partial charge in [-0.15, -0.1) is 0 Å². The number of hydrogen-bond acceptors (Lipinski definition) is 4. The Hall–Kier alpha value is -0.130. The lowest BCUT2D eigenvalue weighted by Gasteiger charge is -2.44. The molecule has 104 valence electrons. The number of piperazine rings is 1. The summed E-state index contributed by atoms with van der Waals surface area (Å²) >= 11 is 0. The molecule has 2 unspecified atom stereocenters. The molecule has 0 radical (unpaired) electrons. The van der Waals surface area contributed by atoms with Crippen LogP contribution in [0.25, 0.3) is 0 Å². The van der Waals surface area contributed by atoms with Crippen LogP contribution >= 0.6 is 0 Å². The minimum absolute atomic E-state index is 0.0763. The van der Waals surface area contributed by atoms with E-state index in [0.717, 1.165) is 39.0 Å². The second-order valence-corrected chi connectivity index (χ2v) is 8.48. The van der Waals surface area contributed by atoms with Gasteiger partial charge in [-0.2, -0.15) is 0 Å². The van der Waals surface area contributed by atoms with Crippen LogP contribution in [-0.2, 0) is 9.84 Å². The summed E-state index contributed by atoms with van der Waals surface area (Å²) < 4.78 is 23.8. The largest absolute Gasteiger partial charge is 0.299 e. The maximum atomic E-state index is 11.9. The van der Waals surface area contributed by atoms with Gasteiger partial charge < -0.3 is 0 Å². The molecule has 3 aliphatic rings. The molecule has 0 aromatic heterocycles. The average molecular weight is 272 g/mol. The van der Waals surface area contributed by atoms with Crippen molar-refractivity contribution in [2.45, 2.75) is 43.4 Å². The molecule has 3 rings (SSSR count). The van der Waals surface area contributed by atoms with Crippen molar-refractivity contribution in [3.63, 3.8) is 0 Å². The molecule has 0 aliphatic carbocycles. The summed E-state index contributed by atoms with van der Waals surface area (Å²) in [6.07, 6.45) is 5.74. The van der Waals surface area contributed by atoms with Gasteiger partial charge in [-0.25, -0.2) is 8.42 Å². The van der Waals surface area contributed by atoms with Gasteiger partial charge in [0.15, 0.2) is 9.84 Å². The highest BCUT2D eigenvalue weighted by molar-refractivity contribution is 7.92. The van der Waals surface area contributed by atoms with Crippen molar-refractivity contribution in [1.82, 2.24) is 9.80 Å². The number of fused-ring (bicyclic) bond motifs is 1. The normalized spacial score (nSPS) is 37.6. The van der Waals surface area contributed by atoms with Gasteiger partial charge in [0.2, 0.25) is 0 Å². The van der Waals surface area contributed by atoms with Crippen molar-refractivity contribution < 1.29 is 8.42 Å². The first-order valence-electron chi connectivity index (χ1n) is 7.33. The van der Waals surface area contributed by atoms with Crippen molar-refractivity contribution in [2.24, 2.45) is 0 Å². The molecule has 18 heavy (non-hydrogen) atoms. The van der Waals surface area contributed by atoms with E-state index in [-0.39, 0.29) is 5.25 Å². The van der Waals surface area contributed by atoms with E-state index in [1.54, 1.807) is 0 Å². The molecule has 3 saturated heterocycles. The topological polar surface area (TPSA) is 40.6 Å². The number of piperidine rings is 1. The minimum atomic E-state index is -2.77. The molecule has 5 heteroatoms. The van der Waals surface area contributed by atoms with E-state index >= 15 is 0 Å². The quantitative estimate of drug-likeness (QED) is 0.743. The molecule has 3 fully saturated rings. The van der Waals surface area contributed by atoms with Crippen molar-refractivity contribution in [3.8, 4) is 0 Å².